The Morgan fingerprint density at radius 2 is 2.00 bits per heavy atom. The molecule has 3 heterocycles. The minimum absolute atomic E-state index is 0.249. The van der Waals surface area contributed by atoms with E-state index in [0.717, 1.165) is 35.1 Å². The number of fused-ring (bicyclic) bond motifs is 1. The largest absolute Gasteiger partial charge is 0.356 e. The molecule has 4 rings (SSSR count). The standard InChI is InChI=1S/C21H24Cl2N6OS/c1-13(2)31-21-26-18(28-8-3-4-9-28)16-12-25-29(19(16)27-21)10-7-24-20(30)15-6-5-14(22)11-17(15)23/h5-6,11-13H,3-4,7-10H2,1-2H3,(H,24,30). The van der Waals surface area contributed by atoms with Crippen molar-refractivity contribution in [3.8, 4) is 0 Å². The van der Waals surface area contributed by atoms with Crippen molar-refractivity contribution in [1.29, 1.82) is 0 Å². The van der Waals surface area contributed by atoms with Gasteiger partial charge in [-0.05, 0) is 31.0 Å². The number of carbonyl (C=O) groups is 1. The van der Waals surface area contributed by atoms with Gasteiger partial charge in [0.05, 0.1) is 28.7 Å². The highest BCUT2D eigenvalue weighted by molar-refractivity contribution is 7.99. The van der Waals surface area contributed by atoms with Gasteiger partial charge in [0.2, 0.25) is 0 Å². The van der Waals surface area contributed by atoms with Crippen molar-refractivity contribution < 1.29 is 4.79 Å². The fourth-order valence-electron chi connectivity index (χ4n) is 3.56. The maximum Gasteiger partial charge on any atom is 0.252 e. The third-order valence-corrected chi connectivity index (χ3v) is 6.40. The van der Waals surface area contributed by atoms with Gasteiger partial charge in [-0.2, -0.15) is 5.10 Å². The van der Waals surface area contributed by atoms with Gasteiger partial charge in [-0.25, -0.2) is 14.6 Å². The number of nitrogens with one attached hydrogen (secondary N) is 1. The molecule has 1 fully saturated rings. The third kappa shape index (κ3) is 5.07. The third-order valence-electron chi connectivity index (χ3n) is 4.99. The van der Waals surface area contributed by atoms with Crippen LogP contribution in [-0.2, 0) is 6.54 Å². The normalized spacial score (nSPS) is 14.0. The number of halogens is 2. The molecule has 1 amide bonds. The fourth-order valence-corrected chi connectivity index (χ4v) is 4.76. The van der Waals surface area contributed by atoms with Gasteiger partial charge in [0, 0.05) is 29.9 Å². The number of hydrogen-bond acceptors (Lipinski definition) is 6. The van der Waals surface area contributed by atoms with Crippen molar-refractivity contribution >= 4 is 57.7 Å². The van der Waals surface area contributed by atoms with Crippen molar-refractivity contribution in [3.05, 3.63) is 40.0 Å². The van der Waals surface area contributed by atoms with Gasteiger partial charge in [0.15, 0.2) is 10.8 Å². The van der Waals surface area contributed by atoms with Gasteiger partial charge in [-0.1, -0.05) is 48.8 Å². The summed E-state index contributed by atoms with van der Waals surface area (Å²) < 4.78 is 1.82. The summed E-state index contributed by atoms with van der Waals surface area (Å²) in [6, 6.07) is 4.83. The molecule has 1 N–H and O–H groups in total. The lowest BCUT2D eigenvalue weighted by molar-refractivity contribution is 0.0952. The maximum atomic E-state index is 12.5. The number of anilines is 1. The Bertz CT molecular complexity index is 1100. The zero-order valence-corrected chi connectivity index (χ0v) is 19.8. The average Bonchev–Trinajstić information content (AvgIpc) is 3.37. The highest BCUT2D eigenvalue weighted by Crippen LogP contribution is 2.30. The number of hydrogen-bond donors (Lipinski definition) is 1. The Morgan fingerprint density at radius 3 is 2.71 bits per heavy atom. The van der Waals surface area contributed by atoms with Crippen LogP contribution in [0.25, 0.3) is 11.0 Å². The molecule has 0 saturated carbocycles. The molecule has 1 aliphatic heterocycles. The molecule has 0 bridgehead atoms. The van der Waals surface area contributed by atoms with Crippen molar-refractivity contribution in [2.45, 2.75) is 43.6 Å². The number of benzene rings is 1. The van der Waals surface area contributed by atoms with Crippen LogP contribution in [-0.4, -0.2) is 50.5 Å². The second kappa shape index (κ2) is 9.63. The van der Waals surface area contributed by atoms with Gasteiger partial charge in [-0.15, -0.1) is 0 Å². The van der Waals surface area contributed by atoms with Crippen LogP contribution in [0.1, 0.15) is 37.0 Å². The van der Waals surface area contributed by atoms with Crippen LogP contribution in [0.15, 0.2) is 29.6 Å². The first-order valence-electron chi connectivity index (χ1n) is 10.3. The number of aromatic nitrogens is 4. The Balaban J connectivity index is 1.53. The monoisotopic (exact) mass is 478 g/mol. The molecule has 0 unspecified atom stereocenters. The molecule has 0 atom stereocenters. The van der Waals surface area contributed by atoms with Crippen LogP contribution in [0.2, 0.25) is 10.0 Å². The Kier molecular flexibility index (Phi) is 6.89. The molecule has 0 spiro atoms. The van der Waals surface area contributed by atoms with Crippen molar-refractivity contribution in [2.24, 2.45) is 0 Å². The molecule has 2 aromatic heterocycles. The van der Waals surface area contributed by atoms with E-state index in [0.29, 0.717) is 33.9 Å². The molecule has 1 saturated heterocycles. The lowest BCUT2D eigenvalue weighted by Crippen LogP contribution is -2.27. The molecular formula is C21H24Cl2N6OS. The van der Waals surface area contributed by atoms with E-state index in [1.54, 1.807) is 30.0 Å². The van der Waals surface area contributed by atoms with E-state index in [1.807, 2.05) is 10.9 Å². The molecule has 164 valence electrons. The fraction of sp³-hybridized carbons (Fsp3) is 0.429. The lowest BCUT2D eigenvalue weighted by Gasteiger charge is -2.18. The van der Waals surface area contributed by atoms with Crippen molar-refractivity contribution in [2.75, 3.05) is 24.5 Å². The van der Waals surface area contributed by atoms with Gasteiger partial charge in [-0.3, -0.25) is 4.79 Å². The van der Waals surface area contributed by atoms with Crippen LogP contribution in [0.3, 0.4) is 0 Å². The van der Waals surface area contributed by atoms with Gasteiger partial charge in [0.1, 0.15) is 5.82 Å². The second-order valence-corrected chi connectivity index (χ2v) is 10.1. The maximum absolute atomic E-state index is 12.5. The highest BCUT2D eigenvalue weighted by atomic mass is 35.5. The topological polar surface area (TPSA) is 75.9 Å². The Labute approximate surface area is 195 Å². The first kappa shape index (κ1) is 22.2. The van der Waals surface area contributed by atoms with Crippen LogP contribution >= 0.6 is 35.0 Å². The summed E-state index contributed by atoms with van der Waals surface area (Å²) in [6.45, 7) is 7.14. The molecule has 31 heavy (non-hydrogen) atoms. The smallest absolute Gasteiger partial charge is 0.252 e. The molecule has 0 aliphatic carbocycles. The first-order valence-corrected chi connectivity index (χ1v) is 11.9. The van der Waals surface area contributed by atoms with Crippen LogP contribution in [0.4, 0.5) is 5.82 Å². The number of nitrogens with zero attached hydrogens (tertiary/aromatic N) is 5. The SMILES string of the molecule is CC(C)Sc1nc(N2CCCC2)c2cnn(CCNC(=O)c3ccc(Cl)cc3Cl)c2n1. The Hall–Kier alpha value is -2.03. The van der Waals surface area contributed by atoms with E-state index in [4.69, 9.17) is 33.2 Å². The molecule has 10 heteroatoms. The van der Waals surface area contributed by atoms with Crippen molar-refractivity contribution in [1.82, 2.24) is 25.1 Å². The predicted octanol–water partition coefficient (Wildman–Crippen LogP) is 4.66. The summed E-state index contributed by atoms with van der Waals surface area (Å²) in [5, 5.41) is 10.3. The predicted molar refractivity (Wildman–Crippen MR) is 127 cm³/mol. The zero-order valence-electron chi connectivity index (χ0n) is 17.4. The minimum Gasteiger partial charge on any atom is -0.356 e. The van der Waals surface area contributed by atoms with Crippen molar-refractivity contribution in [3.63, 3.8) is 0 Å². The molecular weight excluding hydrogens is 455 g/mol. The Morgan fingerprint density at radius 1 is 1.23 bits per heavy atom. The number of amides is 1. The van der Waals surface area contributed by atoms with E-state index < -0.39 is 0 Å². The lowest BCUT2D eigenvalue weighted by atomic mass is 10.2. The minimum atomic E-state index is -0.249. The highest BCUT2D eigenvalue weighted by Gasteiger charge is 2.21. The molecule has 1 aromatic carbocycles. The molecule has 0 radical (unpaired) electrons. The number of thioether (sulfide) groups is 1. The summed E-state index contributed by atoms with van der Waals surface area (Å²) >= 11 is 13.7. The van der Waals surface area contributed by atoms with Gasteiger partial charge in [0.25, 0.3) is 5.91 Å². The quantitative estimate of drug-likeness (QED) is 0.392. The summed E-state index contributed by atoms with van der Waals surface area (Å²) in [7, 11) is 0. The summed E-state index contributed by atoms with van der Waals surface area (Å²) in [6.07, 6.45) is 4.17. The van der Waals surface area contributed by atoms with Crippen LogP contribution < -0.4 is 10.2 Å². The van der Waals surface area contributed by atoms with E-state index in [1.165, 1.54) is 12.8 Å². The van der Waals surface area contributed by atoms with E-state index in [-0.39, 0.29) is 5.91 Å². The van der Waals surface area contributed by atoms with Crippen LogP contribution in [0.5, 0.6) is 0 Å². The molecule has 7 nitrogen and oxygen atoms in total. The molecule has 3 aromatic rings. The second-order valence-electron chi connectivity index (χ2n) is 7.68. The summed E-state index contributed by atoms with van der Waals surface area (Å²) in [4.78, 5) is 24.4. The summed E-state index contributed by atoms with van der Waals surface area (Å²) in [5.74, 6) is 0.704. The summed E-state index contributed by atoms with van der Waals surface area (Å²) in [5.41, 5.74) is 1.18. The van der Waals surface area contributed by atoms with Gasteiger partial charge < -0.3 is 10.2 Å². The van der Waals surface area contributed by atoms with Gasteiger partial charge >= 0.3 is 0 Å². The number of carbonyl (C=O) groups excluding carboxylic acids is 1. The zero-order chi connectivity index (χ0) is 22.0. The average molecular weight is 479 g/mol. The number of rotatable bonds is 7. The van der Waals surface area contributed by atoms with E-state index >= 15 is 0 Å². The van der Waals surface area contributed by atoms with E-state index in [9.17, 15) is 4.79 Å². The van der Waals surface area contributed by atoms with Crippen LogP contribution in [0, 0.1) is 0 Å². The first-order chi connectivity index (χ1) is 14.9. The van der Waals surface area contributed by atoms with E-state index in [2.05, 4.69) is 29.2 Å². The molecule has 1 aliphatic rings.